The van der Waals surface area contributed by atoms with Gasteiger partial charge < -0.3 is 23.7 Å². The molecule has 0 unspecified atom stereocenters. The highest BCUT2D eigenvalue weighted by Gasteiger charge is 2.28. The molecule has 1 aliphatic carbocycles. The smallest absolute Gasteiger partial charge is 0.315 e. The molecular weight excluding hydrogens is 444 g/mol. The van der Waals surface area contributed by atoms with Crippen molar-refractivity contribution in [3.05, 3.63) is 40.3 Å². The predicted octanol–water partition coefficient (Wildman–Crippen LogP) is 2.45. The molecule has 3 aromatic rings. The van der Waals surface area contributed by atoms with Crippen LogP contribution in [0.5, 0.6) is 17.4 Å². The third kappa shape index (κ3) is 4.73. The van der Waals surface area contributed by atoms with Crippen LogP contribution in [0.3, 0.4) is 0 Å². The average molecular weight is 470 g/mol. The second-order valence-corrected chi connectivity index (χ2v) is 7.84. The lowest BCUT2D eigenvalue weighted by atomic mass is 10.1. The molecule has 2 aromatic heterocycles. The Labute approximate surface area is 195 Å². The largest absolute Gasteiger partial charge is 0.494 e. The molecule has 0 radical (unpaired) electrons. The first-order valence-corrected chi connectivity index (χ1v) is 11.0. The van der Waals surface area contributed by atoms with Gasteiger partial charge in [0.1, 0.15) is 29.4 Å². The molecule has 0 saturated heterocycles. The van der Waals surface area contributed by atoms with Crippen LogP contribution in [0.15, 0.2) is 27.4 Å². The number of para-hydroxylation sites is 1. The lowest BCUT2D eigenvalue weighted by molar-refractivity contribution is -0.142. The minimum Gasteiger partial charge on any atom is -0.494 e. The molecule has 0 amide bonds. The highest BCUT2D eigenvalue weighted by atomic mass is 16.5. The fourth-order valence-electron chi connectivity index (χ4n) is 3.69. The number of hydrogen-bond donors (Lipinski definition) is 1. The summed E-state index contributed by atoms with van der Waals surface area (Å²) in [6.45, 7) is 1.89. The minimum absolute atomic E-state index is 0.0496. The summed E-state index contributed by atoms with van der Waals surface area (Å²) in [4.78, 5) is 29.8. The molecule has 0 aliphatic heterocycles. The molecule has 11 nitrogen and oxygen atoms in total. The Morgan fingerprint density at radius 1 is 1.21 bits per heavy atom. The summed E-state index contributed by atoms with van der Waals surface area (Å²) >= 11 is 0. The zero-order valence-corrected chi connectivity index (χ0v) is 19.2. The summed E-state index contributed by atoms with van der Waals surface area (Å²) in [6.07, 6.45) is 3.30. The van der Waals surface area contributed by atoms with E-state index in [1.165, 1.54) is 18.8 Å². The number of carbonyl (C=O) groups is 1. The molecule has 34 heavy (non-hydrogen) atoms. The number of benzene rings is 1. The van der Waals surface area contributed by atoms with E-state index in [1.807, 2.05) is 0 Å². The lowest BCUT2D eigenvalue weighted by Gasteiger charge is -2.18. The van der Waals surface area contributed by atoms with E-state index < -0.39 is 17.4 Å². The normalized spacial score (nSPS) is 13.0. The summed E-state index contributed by atoms with van der Waals surface area (Å²) in [5, 5.41) is 18.4. The number of methoxy groups -OCH3 is 2. The number of aromatic nitrogens is 4. The number of aromatic hydroxyl groups is 1. The second-order valence-electron chi connectivity index (χ2n) is 7.84. The molecule has 0 bridgehead atoms. The maximum atomic E-state index is 13.8. The summed E-state index contributed by atoms with van der Waals surface area (Å²) in [7, 11) is 2.98. The van der Waals surface area contributed by atoms with Gasteiger partial charge in [-0.3, -0.25) is 14.2 Å². The summed E-state index contributed by atoms with van der Waals surface area (Å²) < 4.78 is 22.7. The van der Waals surface area contributed by atoms with Crippen LogP contribution in [-0.2, 0) is 22.4 Å². The van der Waals surface area contributed by atoms with Crippen LogP contribution < -0.4 is 15.0 Å². The number of aryl methyl sites for hydroxylation is 1. The van der Waals surface area contributed by atoms with Crippen LogP contribution >= 0.6 is 0 Å². The number of rotatable bonds is 10. The third-order valence-corrected chi connectivity index (χ3v) is 5.51. The molecule has 1 saturated carbocycles. The molecule has 1 N–H and O–H groups in total. The van der Waals surface area contributed by atoms with Crippen molar-refractivity contribution in [2.75, 3.05) is 20.8 Å². The number of ether oxygens (including phenoxy) is 3. The van der Waals surface area contributed by atoms with Crippen molar-refractivity contribution < 1.29 is 28.5 Å². The van der Waals surface area contributed by atoms with E-state index in [4.69, 9.17) is 18.6 Å². The Kier molecular flexibility index (Phi) is 6.80. The highest BCUT2D eigenvalue weighted by Crippen LogP contribution is 2.36. The Morgan fingerprint density at radius 2 is 1.91 bits per heavy atom. The summed E-state index contributed by atoms with van der Waals surface area (Å²) in [5.74, 6) is 0.318. The maximum Gasteiger partial charge on any atom is 0.315 e. The highest BCUT2D eigenvalue weighted by molar-refractivity contribution is 5.71. The fraction of sp³-hybridized carbons (Fsp3) is 0.435. The molecule has 1 aromatic carbocycles. The predicted molar refractivity (Wildman–Crippen MR) is 119 cm³/mol. The van der Waals surface area contributed by atoms with Crippen LogP contribution in [0, 0.1) is 5.92 Å². The van der Waals surface area contributed by atoms with Gasteiger partial charge in [-0.1, -0.05) is 18.9 Å². The van der Waals surface area contributed by atoms with E-state index in [1.54, 1.807) is 25.1 Å². The Balaban J connectivity index is 1.86. The van der Waals surface area contributed by atoms with Crippen molar-refractivity contribution in [3.8, 4) is 34.5 Å². The SMILES string of the molecule is CCOC(=O)Cc1nnc(-c2c(O)nc(CCC3CC3)n(-c3c(OC)cccc3OC)c2=O)o1. The van der Waals surface area contributed by atoms with E-state index in [0.29, 0.717) is 35.3 Å². The summed E-state index contributed by atoms with van der Waals surface area (Å²) in [6, 6.07) is 5.14. The molecule has 1 aliphatic rings. The fourth-order valence-corrected chi connectivity index (χ4v) is 3.69. The van der Waals surface area contributed by atoms with Crippen LogP contribution in [0.4, 0.5) is 0 Å². The van der Waals surface area contributed by atoms with E-state index >= 15 is 0 Å². The standard InChI is InChI=1S/C23H26N4O7/c1-4-33-18(28)12-17-25-26-22(34-17)19-21(29)24-16(11-10-13-8-9-13)27(23(19)30)20-14(31-2)6-5-7-15(20)32-3/h5-7,13,29H,4,8-12H2,1-3H3. The zero-order valence-electron chi connectivity index (χ0n) is 19.2. The number of nitrogens with zero attached hydrogens (tertiary/aromatic N) is 4. The first-order valence-electron chi connectivity index (χ1n) is 11.0. The average Bonchev–Trinajstić information content (AvgIpc) is 3.55. The molecule has 2 heterocycles. The summed E-state index contributed by atoms with van der Waals surface area (Å²) in [5.41, 5.74) is -0.568. The van der Waals surface area contributed by atoms with Crippen molar-refractivity contribution in [1.82, 2.24) is 19.7 Å². The molecule has 180 valence electrons. The Hall–Kier alpha value is -3.89. The van der Waals surface area contributed by atoms with Crippen molar-refractivity contribution >= 4 is 5.97 Å². The van der Waals surface area contributed by atoms with Crippen molar-refractivity contribution in [1.29, 1.82) is 0 Å². The van der Waals surface area contributed by atoms with Gasteiger partial charge in [0.15, 0.2) is 5.56 Å². The van der Waals surface area contributed by atoms with Gasteiger partial charge in [-0.2, -0.15) is 4.98 Å². The molecule has 0 atom stereocenters. The lowest BCUT2D eigenvalue weighted by Crippen LogP contribution is -2.26. The number of carbonyl (C=O) groups excluding carboxylic acids is 1. The van der Waals surface area contributed by atoms with E-state index in [-0.39, 0.29) is 30.4 Å². The first-order chi connectivity index (χ1) is 16.5. The molecule has 4 rings (SSSR count). The first kappa shape index (κ1) is 23.3. The second kappa shape index (κ2) is 9.94. The maximum absolute atomic E-state index is 13.8. The van der Waals surface area contributed by atoms with Crippen molar-refractivity contribution in [2.24, 2.45) is 5.92 Å². The van der Waals surface area contributed by atoms with Gasteiger partial charge >= 0.3 is 5.97 Å². The van der Waals surface area contributed by atoms with Crippen LogP contribution in [0.1, 0.15) is 37.9 Å². The Bertz CT molecular complexity index is 1220. The van der Waals surface area contributed by atoms with Gasteiger partial charge in [-0.25, -0.2) is 0 Å². The molecular formula is C23H26N4O7. The van der Waals surface area contributed by atoms with Gasteiger partial charge in [-0.15, -0.1) is 10.2 Å². The van der Waals surface area contributed by atoms with Crippen LogP contribution in [0.25, 0.3) is 17.1 Å². The van der Waals surface area contributed by atoms with Gasteiger partial charge in [0, 0.05) is 6.42 Å². The molecule has 0 spiro atoms. The van der Waals surface area contributed by atoms with Gasteiger partial charge in [0.25, 0.3) is 11.4 Å². The number of hydrogen-bond acceptors (Lipinski definition) is 10. The van der Waals surface area contributed by atoms with E-state index in [2.05, 4.69) is 15.2 Å². The quantitative estimate of drug-likeness (QED) is 0.440. The molecule has 11 heteroatoms. The van der Waals surface area contributed by atoms with Gasteiger partial charge in [0.2, 0.25) is 11.8 Å². The topological polar surface area (TPSA) is 139 Å². The molecule has 1 fully saturated rings. The van der Waals surface area contributed by atoms with E-state index in [9.17, 15) is 14.7 Å². The van der Waals surface area contributed by atoms with Crippen molar-refractivity contribution in [2.45, 2.75) is 39.0 Å². The monoisotopic (exact) mass is 470 g/mol. The Morgan fingerprint density at radius 3 is 2.53 bits per heavy atom. The number of esters is 1. The van der Waals surface area contributed by atoms with Crippen molar-refractivity contribution in [3.63, 3.8) is 0 Å². The van der Waals surface area contributed by atoms with Crippen LogP contribution in [0.2, 0.25) is 0 Å². The van der Waals surface area contributed by atoms with Crippen LogP contribution in [-0.4, -0.2) is 51.7 Å². The third-order valence-electron chi connectivity index (χ3n) is 5.51. The van der Waals surface area contributed by atoms with Gasteiger partial charge in [0.05, 0.1) is 20.8 Å². The van der Waals surface area contributed by atoms with Gasteiger partial charge in [-0.05, 0) is 31.4 Å². The zero-order chi connectivity index (χ0) is 24.2. The minimum atomic E-state index is -0.632. The van der Waals surface area contributed by atoms with E-state index in [0.717, 1.165) is 19.3 Å².